The number of amides is 1. The first-order valence-corrected chi connectivity index (χ1v) is 4.85. The number of nitrogens with one attached hydrogen (secondary N) is 1. The minimum absolute atomic E-state index is 0.398. The highest BCUT2D eigenvalue weighted by molar-refractivity contribution is 6.31. The molecule has 0 unspecified atom stereocenters. The monoisotopic (exact) mass is 227 g/mol. The van der Waals surface area contributed by atoms with Crippen molar-refractivity contribution < 1.29 is 15.0 Å². The van der Waals surface area contributed by atoms with Crippen LogP contribution in [0.1, 0.15) is 5.56 Å². The molecule has 1 heterocycles. The van der Waals surface area contributed by atoms with E-state index < -0.39 is 24.5 Å². The third-order valence-electron chi connectivity index (χ3n) is 2.72. The number of halogens is 1. The molecule has 4 nitrogen and oxygen atoms in total. The molecule has 0 saturated heterocycles. The molecule has 0 saturated carbocycles. The van der Waals surface area contributed by atoms with Gasteiger partial charge in [-0.3, -0.25) is 4.79 Å². The van der Waals surface area contributed by atoms with Crippen LogP contribution in [0.15, 0.2) is 18.2 Å². The Morgan fingerprint density at radius 1 is 1.33 bits per heavy atom. The van der Waals surface area contributed by atoms with Gasteiger partial charge < -0.3 is 15.5 Å². The second kappa shape index (κ2) is 3.48. The summed E-state index contributed by atoms with van der Waals surface area (Å²) in [6.07, 6.45) is 0. The van der Waals surface area contributed by atoms with Crippen molar-refractivity contribution in [3.63, 3.8) is 0 Å². The molecular weight excluding hydrogens is 218 g/mol. The first-order chi connectivity index (χ1) is 7.14. The van der Waals surface area contributed by atoms with Gasteiger partial charge in [0.2, 0.25) is 5.91 Å². The number of carbonyl (C=O) groups is 1. The lowest BCUT2D eigenvalue weighted by molar-refractivity contribution is -0.123. The largest absolute Gasteiger partial charge is 0.395 e. The first-order valence-electron chi connectivity index (χ1n) is 4.47. The van der Waals surface area contributed by atoms with Gasteiger partial charge in [0, 0.05) is 10.7 Å². The van der Waals surface area contributed by atoms with Crippen LogP contribution >= 0.6 is 11.6 Å². The molecule has 0 fully saturated rings. The van der Waals surface area contributed by atoms with Crippen molar-refractivity contribution in [1.82, 2.24) is 0 Å². The van der Waals surface area contributed by atoms with Crippen LogP contribution in [0.2, 0.25) is 5.02 Å². The van der Waals surface area contributed by atoms with Gasteiger partial charge >= 0.3 is 0 Å². The second-order valence-electron chi connectivity index (χ2n) is 3.54. The molecular formula is C10H10ClNO3. The normalized spacial score (nSPS) is 17.4. The summed E-state index contributed by atoms with van der Waals surface area (Å²) in [4.78, 5) is 11.7. The molecule has 3 N–H and O–H groups in total. The van der Waals surface area contributed by atoms with Gasteiger partial charge in [-0.1, -0.05) is 17.7 Å². The van der Waals surface area contributed by atoms with Gasteiger partial charge in [-0.25, -0.2) is 0 Å². The standard InChI is InChI=1S/C10H10ClNO3/c11-6-1-2-7-8(3-6)12-9(15)10(7,4-13)5-14/h1-3,13-14H,4-5H2,(H,12,15). The van der Waals surface area contributed by atoms with E-state index in [1.165, 1.54) is 0 Å². The molecule has 0 bridgehead atoms. The van der Waals surface area contributed by atoms with Crippen LogP contribution in [0.5, 0.6) is 0 Å². The van der Waals surface area contributed by atoms with Crippen LogP contribution < -0.4 is 5.32 Å². The van der Waals surface area contributed by atoms with Gasteiger partial charge in [-0.2, -0.15) is 0 Å². The summed E-state index contributed by atoms with van der Waals surface area (Å²) >= 11 is 5.77. The zero-order valence-corrected chi connectivity index (χ0v) is 8.58. The predicted molar refractivity (Wildman–Crippen MR) is 55.9 cm³/mol. The lowest BCUT2D eigenvalue weighted by Crippen LogP contribution is -2.41. The van der Waals surface area contributed by atoms with Gasteiger partial charge in [-0.15, -0.1) is 0 Å². The Kier molecular flexibility index (Phi) is 2.42. The van der Waals surface area contributed by atoms with E-state index in [1.807, 2.05) is 0 Å². The number of aliphatic hydroxyl groups is 2. The molecule has 5 heteroatoms. The highest BCUT2D eigenvalue weighted by Crippen LogP contribution is 2.38. The number of benzene rings is 1. The zero-order valence-electron chi connectivity index (χ0n) is 7.83. The Bertz CT molecular complexity index is 415. The van der Waals surface area contributed by atoms with Gasteiger partial charge in [0.15, 0.2) is 0 Å². The van der Waals surface area contributed by atoms with Crippen LogP contribution in [0.3, 0.4) is 0 Å². The molecule has 0 radical (unpaired) electrons. The third kappa shape index (κ3) is 1.33. The van der Waals surface area contributed by atoms with Gasteiger partial charge in [0.25, 0.3) is 0 Å². The maximum absolute atomic E-state index is 11.7. The van der Waals surface area contributed by atoms with Crippen LogP contribution in [-0.4, -0.2) is 29.3 Å². The predicted octanol–water partition coefficient (Wildman–Crippen LogP) is 0.514. The lowest BCUT2D eigenvalue weighted by atomic mass is 9.83. The Balaban J connectivity index is 2.59. The molecule has 1 amide bonds. The van der Waals surface area contributed by atoms with Crippen molar-refractivity contribution in [2.75, 3.05) is 18.5 Å². The number of hydrogen-bond acceptors (Lipinski definition) is 3. The molecule has 1 aromatic rings. The quantitative estimate of drug-likeness (QED) is 0.690. The molecule has 0 atom stereocenters. The van der Waals surface area contributed by atoms with Crippen LogP contribution in [0.4, 0.5) is 5.69 Å². The van der Waals surface area contributed by atoms with E-state index in [-0.39, 0.29) is 0 Å². The molecule has 0 aromatic heterocycles. The van der Waals surface area contributed by atoms with E-state index in [1.54, 1.807) is 18.2 Å². The minimum atomic E-state index is -1.24. The van der Waals surface area contributed by atoms with Crippen molar-refractivity contribution in [2.45, 2.75) is 5.41 Å². The van der Waals surface area contributed by atoms with E-state index in [2.05, 4.69) is 5.32 Å². The fraction of sp³-hybridized carbons (Fsp3) is 0.300. The Hall–Kier alpha value is -1.10. The molecule has 15 heavy (non-hydrogen) atoms. The minimum Gasteiger partial charge on any atom is -0.395 e. The lowest BCUT2D eigenvalue weighted by Gasteiger charge is -2.21. The maximum atomic E-state index is 11.7. The van der Waals surface area contributed by atoms with E-state index in [0.717, 1.165) is 0 Å². The van der Waals surface area contributed by atoms with Crippen molar-refractivity contribution in [3.8, 4) is 0 Å². The summed E-state index contributed by atoms with van der Waals surface area (Å²) in [7, 11) is 0. The van der Waals surface area contributed by atoms with Gasteiger partial charge in [0.1, 0.15) is 5.41 Å². The van der Waals surface area contributed by atoms with Crippen molar-refractivity contribution in [2.24, 2.45) is 0 Å². The summed E-state index contributed by atoms with van der Waals surface area (Å²) in [5.41, 5.74) is -0.0996. The number of fused-ring (bicyclic) bond motifs is 1. The first kappa shape index (κ1) is 10.4. The van der Waals surface area contributed by atoms with Crippen LogP contribution in [0, 0.1) is 0 Å². The summed E-state index contributed by atoms with van der Waals surface area (Å²) in [6.45, 7) is -0.853. The molecule has 0 spiro atoms. The molecule has 80 valence electrons. The van der Waals surface area contributed by atoms with Crippen LogP contribution in [-0.2, 0) is 10.2 Å². The fourth-order valence-electron chi connectivity index (χ4n) is 1.77. The maximum Gasteiger partial charge on any atom is 0.239 e. The molecule has 1 aliphatic rings. The highest BCUT2D eigenvalue weighted by atomic mass is 35.5. The zero-order chi connectivity index (χ0) is 11.1. The van der Waals surface area contributed by atoms with E-state index in [4.69, 9.17) is 11.6 Å². The van der Waals surface area contributed by atoms with Crippen molar-refractivity contribution in [1.29, 1.82) is 0 Å². The molecule has 2 rings (SSSR count). The SMILES string of the molecule is O=C1Nc2cc(Cl)ccc2C1(CO)CO. The Labute approximate surface area is 91.5 Å². The van der Waals surface area contributed by atoms with E-state index in [0.29, 0.717) is 16.3 Å². The molecule has 1 aromatic carbocycles. The Morgan fingerprint density at radius 2 is 2.00 bits per heavy atom. The number of hydrogen-bond donors (Lipinski definition) is 3. The average molecular weight is 228 g/mol. The summed E-state index contributed by atoms with van der Waals surface area (Å²) < 4.78 is 0. The third-order valence-corrected chi connectivity index (χ3v) is 2.95. The van der Waals surface area contributed by atoms with Gasteiger partial charge in [-0.05, 0) is 17.7 Å². The average Bonchev–Trinajstić information content (AvgIpc) is 2.49. The highest BCUT2D eigenvalue weighted by Gasteiger charge is 2.46. The summed E-state index contributed by atoms with van der Waals surface area (Å²) in [5, 5.41) is 21.6. The van der Waals surface area contributed by atoms with E-state index >= 15 is 0 Å². The fourth-order valence-corrected chi connectivity index (χ4v) is 1.94. The summed E-state index contributed by atoms with van der Waals surface area (Å²) in [5.74, 6) is -0.398. The molecule has 0 aliphatic carbocycles. The smallest absolute Gasteiger partial charge is 0.239 e. The number of anilines is 1. The summed E-state index contributed by atoms with van der Waals surface area (Å²) in [6, 6.07) is 4.87. The van der Waals surface area contributed by atoms with Crippen molar-refractivity contribution in [3.05, 3.63) is 28.8 Å². The Morgan fingerprint density at radius 3 is 2.60 bits per heavy atom. The van der Waals surface area contributed by atoms with Crippen molar-refractivity contribution >= 4 is 23.2 Å². The van der Waals surface area contributed by atoms with E-state index in [9.17, 15) is 15.0 Å². The van der Waals surface area contributed by atoms with Crippen LogP contribution in [0.25, 0.3) is 0 Å². The topological polar surface area (TPSA) is 69.6 Å². The van der Waals surface area contributed by atoms with Gasteiger partial charge in [0.05, 0.1) is 13.2 Å². The molecule has 1 aliphatic heterocycles. The number of carbonyl (C=O) groups excluding carboxylic acids is 1. The second-order valence-corrected chi connectivity index (χ2v) is 3.98. The number of aliphatic hydroxyl groups excluding tert-OH is 2. The number of rotatable bonds is 2.